The molecule has 1 N–H and O–H groups in total. The first kappa shape index (κ1) is 14.3. The molecule has 106 valence electrons. The van der Waals surface area contributed by atoms with Crippen molar-refractivity contribution in [1.29, 1.82) is 0 Å². The van der Waals surface area contributed by atoms with Crippen molar-refractivity contribution in [3.8, 4) is 0 Å². The molecule has 0 amide bonds. The van der Waals surface area contributed by atoms with Gasteiger partial charge in [-0.05, 0) is 44.6 Å². The fourth-order valence-electron chi connectivity index (χ4n) is 3.82. The zero-order chi connectivity index (χ0) is 12.8. The molecule has 0 bridgehead atoms. The van der Waals surface area contributed by atoms with Gasteiger partial charge in [-0.2, -0.15) is 0 Å². The molecule has 0 aromatic heterocycles. The quantitative estimate of drug-likeness (QED) is 0.777. The Labute approximate surface area is 113 Å². The maximum atomic E-state index is 10.3. The summed E-state index contributed by atoms with van der Waals surface area (Å²) in [7, 11) is 0. The molecule has 3 atom stereocenters. The number of hydrogen-bond donors (Lipinski definition) is 1. The molecule has 0 spiro atoms. The number of aliphatic hydroxyl groups is 1. The molecule has 1 saturated carbocycles. The minimum absolute atomic E-state index is 0.0340. The predicted octanol–water partition coefficient (Wildman–Crippen LogP) is 3.58. The smallest absolute Gasteiger partial charge is 0.0580 e. The van der Waals surface area contributed by atoms with Crippen LogP contribution in [0, 0.1) is 5.92 Å². The fraction of sp³-hybridized carbons (Fsp3) is 1.00. The number of hydrogen-bond acceptors (Lipinski definition) is 2. The molecule has 2 rings (SSSR count). The fourth-order valence-corrected chi connectivity index (χ4v) is 3.82. The number of rotatable bonds is 3. The van der Waals surface area contributed by atoms with Gasteiger partial charge in [0, 0.05) is 12.6 Å². The lowest BCUT2D eigenvalue weighted by Crippen LogP contribution is -2.41. The minimum Gasteiger partial charge on any atom is -0.393 e. The number of nitrogens with zero attached hydrogens (tertiary/aromatic N) is 1. The first-order chi connectivity index (χ1) is 8.81. The van der Waals surface area contributed by atoms with Gasteiger partial charge in [0.1, 0.15) is 0 Å². The van der Waals surface area contributed by atoms with Crippen molar-refractivity contribution in [2.24, 2.45) is 5.92 Å². The van der Waals surface area contributed by atoms with Crippen LogP contribution in [0.4, 0.5) is 0 Å². The Hall–Kier alpha value is -0.0800. The van der Waals surface area contributed by atoms with Crippen molar-refractivity contribution in [2.45, 2.75) is 83.3 Å². The van der Waals surface area contributed by atoms with Gasteiger partial charge in [-0.15, -0.1) is 0 Å². The van der Waals surface area contributed by atoms with E-state index in [-0.39, 0.29) is 6.10 Å². The van der Waals surface area contributed by atoms with E-state index in [4.69, 9.17) is 0 Å². The first-order valence-electron chi connectivity index (χ1n) is 8.23. The average molecular weight is 253 g/mol. The van der Waals surface area contributed by atoms with Crippen LogP contribution in [0.5, 0.6) is 0 Å². The minimum atomic E-state index is -0.0340. The molecule has 2 heteroatoms. The van der Waals surface area contributed by atoms with Crippen molar-refractivity contribution < 1.29 is 5.11 Å². The van der Waals surface area contributed by atoms with Gasteiger partial charge in [0.05, 0.1) is 6.10 Å². The summed E-state index contributed by atoms with van der Waals surface area (Å²) in [4.78, 5) is 2.70. The Balaban J connectivity index is 1.91. The summed E-state index contributed by atoms with van der Waals surface area (Å²) in [6.07, 6.45) is 13.0. The zero-order valence-corrected chi connectivity index (χ0v) is 12.1. The van der Waals surface area contributed by atoms with Gasteiger partial charge in [-0.1, -0.05) is 39.0 Å². The second-order valence-corrected chi connectivity index (χ2v) is 6.37. The van der Waals surface area contributed by atoms with Gasteiger partial charge in [0.25, 0.3) is 0 Å². The summed E-state index contributed by atoms with van der Waals surface area (Å²) in [6, 6.07) is 0.781. The lowest BCUT2D eigenvalue weighted by atomic mass is 9.95. The molecule has 1 saturated heterocycles. The summed E-state index contributed by atoms with van der Waals surface area (Å²) < 4.78 is 0. The largest absolute Gasteiger partial charge is 0.393 e. The SMILES string of the molecule is CCC1CCCCCN1CC1CCCCCC1O. The van der Waals surface area contributed by atoms with Gasteiger partial charge < -0.3 is 10.0 Å². The Morgan fingerprint density at radius 3 is 2.50 bits per heavy atom. The molecule has 2 aliphatic rings. The van der Waals surface area contributed by atoms with Crippen LogP contribution >= 0.6 is 0 Å². The molecule has 2 nitrogen and oxygen atoms in total. The van der Waals surface area contributed by atoms with E-state index < -0.39 is 0 Å². The maximum absolute atomic E-state index is 10.3. The highest BCUT2D eigenvalue weighted by molar-refractivity contribution is 4.81. The molecule has 0 aromatic carbocycles. The van der Waals surface area contributed by atoms with E-state index in [9.17, 15) is 5.11 Å². The number of likely N-dealkylation sites (tertiary alicyclic amines) is 1. The van der Waals surface area contributed by atoms with Gasteiger partial charge in [0.2, 0.25) is 0 Å². The first-order valence-corrected chi connectivity index (χ1v) is 8.23. The highest BCUT2D eigenvalue weighted by Gasteiger charge is 2.27. The molecule has 1 heterocycles. The Bertz CT molecular complexity index is 231. The predicted molar refractivity (Wildman–Crippen MR) is 76.7 cm³/mol. The van der Waals surface area contributed by atoms with Crippen molar-refractivity contribution in [2.75, 3.05) is 13.1 Å². The third-order valence-corrected chi connectivity index (χ3v) is 5.06. The standard InChI is InChI=1S/C16H31NO/c1-2-15-10-6-4-8-12-17(15)13-14-9-5-3-7-11-16(14)18/h14-16,18H,2-13H2,1H3. The van der Waals surface area contributed by atoms with E-state index in [1.807, 2.05) is 0 Å². The summed E-state index contributed by atoms with van der Waals surface area (Å²) in [5.41, 5.74) is 0. The molecule has 1 aliphatic carbocycles. The summed E-state index contributed by atoms with van der Waals surface area (Å²) >= 11 is 0. The summed E-state index contributed by atoms with van der Waals surface area (Å²) in [5.74, 6) is 0.541. The third-order valence-electron chi connectivity index (χ3n) is 5.06. The normalized spacial score (nSPS) is 36.0. The molecule has 18 heavy (non-hydrogen) atoms. The molecule has 0 radical (unpaired) electrons. The van der Waals surface area contributed by atoms with E-state index in [1.54, 1.807) is 0 Å². The zero-order valence-electron chi connectivity index (χ0n) is 12.1. The summed E-state index contributed by atoms with van der Waals surface area (Å²) in [6.45, 7) is 4.74. The van der Waals surface area contributed by atoms with Gasteiger partial charge in [0.15, 0.2) is 0 Å². The van der Waals surface area contributed by atoms with E-state index in [0.29, 0.717) is 5.92 Å². The second-order valence-electron chi connectivity index (χ2n) is 6.37. The Kier molecular flexibility index (Phi) is 5.97. The van der Waals surface area contributed by atoms with Crippen LogP contribution in [0.3, 0.4) is 0 Å². The van der Waals surface area contributed by atoms with E-state index in [1.165, 1.54) is 64.3 Å². The van der Waals surface area contributed by atoms with E-state index >= 15 is 0 Å². The van der Waals surface area contributed by atoms with E-state index in [2.05, 4.69) is 11.8 Å². The topological polar surface area (TPSA) is 23.5 Å². The Morgan fingerprint density at radius 1 is 0.944 bits per heavy atom. The number of aliphatic hydroxyl groups excluding tert-OH is 1. The van der Waals surface area contributed by atoms with Crippen LogP contribution in [0.15, 0.2) is 0 Å². The van der Waals surface area contributed by atoms with Crippen molar-refractivity contribution >= 4 is 0 Å². The monoisotopic (exact) mass is 253 g/mol. The molecule has 3 unspecified atom stereocenters. The molecule has 1 aliphatic heterocycles. The molecule has 2 fully saturated rings. The lowest BCUT2D eigenvalue weighted by Gasteiger charge is -2.34. The lowest BCUT2D eigenvalue weighted by molar-refractivity contribution is 0.0600. The maximum Gasteiger partial charge on any atom is 0.0580 e. The van der Waals surface area contributed by atoms with Gasteiger partial charge in [-0.3, -0.25) is 0 Å². The van der Waals surface area contributed by atoms with Gasteiger partial charge in [-0.25, -0.2) is 0 Å². The van der Waals surface area contributed by atoms with Crippen molar-refractivity contribution in [3.63, 3.8) is 0 Å². The van der Waals surface area contributed by atoms with Gasteiger partial charge >= 0.3 is 0 Å². The van der Waals surface area contributed by atoms with Crippen LogP contribution < -0.4 is 0 Å². The molecule has 0 aromatic rings. The van der Waals surface area contributed by atoms with Crippen molar-refractivity contribution in [3.05, 3.63) is 0 Å². The highest BCUT2D eigenvalue weighted by atomic mass is 16.3. The van der Waals surface area contributed by atoms with Crippen molar-refractivity contribution in [1.82, 2.24) is 4.90 Å². The average Bonchev–Trinajstić information content (AvgIpc) is 2.71. The highest BCUT2D eigenvalue weighted by Crippen LogP contribution is 2.27. The second kappa shape index (κ2) is 7.49. The van der Waals surface area contributed by atoms with Crippen LogP contribution in [-0.2, 0) is 0 Å². The van der Waals surface area contributed by atoms with E-state index in [0.717, 1.165) is 19.0 Å². The van der Waals surface area contributed by atoms with Crippen LogP contribution in [-0.4, -0.2) is 35.2 Å². The third kappa shape index (κ3) is 3.96. The molecular weight excluding hydrogens is 222 g/mol. The van der Waals surface area contributed by atoms with Crippen LogP contribution in [0.1, 0.15) is 71.1 Å². The van der Waals surface area contributed by atoms with Crippen LogP contribution in [0.2, 0.25) is 0 Å². The van der Waals surface area contributed by atoms with Crippen LogP contribution in [0.25, 0.3) is 0 Å². The summed E-state index contributed by atoms with van der Waals surface area (Å²) in [5, 5.41) is 10.3. The molecular formula is C16H31NO. The Morgan fingerprint density at radius 2 is 1.67 bits per heavy atom.